The van der Waals surface area contributed by atoms with Crippen LogP contribution in [0.5, 0.6) is 0 Å². The van der Waals surface area contributed by atoms with Crippen LogP contribution < -0.4 is 0 Å². The molecule has 0 spiro atoms. The summed E-state index contributed by atoms with van der Waals surface area (Å²) in [6.07, 6.45) is 8.38. The Morgan fingerprint density at radius 2 is 0.769 bits per heavy atom. The molecule has 2 aliphatic carbocycles. The lowest BCUT2D eigenvalue weighted by Gasteiger charge is -2.25. The molecule has 140 valence electrons. The Labute approximate surface area is 157 Å². The molecule has 2 nitrogen and oxygen atoms in total. The van der Waals surface area contributed by atoms with Gasteiger partial charge in [0.1, 0.15) is 0 Å². The minimum Gasteiger partial charge on any atom is -0.393 e. The van der Waals surface area contributed by atoms with Crippen molar-refractivity contribution in [2.24, 2.45) is 0 Å². The summed E-state index contributed by atoms with van der Waals surface area (Å²) in [6.45, 7) is 0. The van der Waals surface area contributed by atoms with Gasteiger partial charge in [-0.15, -0.1) is 0 Å². The van der Waals surface area contributed by atoms with Crippen molar-refractivity contribution >= 4 is 0 Å². The van der Waals surface area contributed by atoms with Gasteiger partial charge in [0.2, 0.25) is 0 Å². The second-order valence-electron chi connectivity index (χ2n) is 7.83. The van der Waals surface area contributed by atoms with E-state index in [-0.39, 0.29) is 12.2 Å². The molecule has 2 fully saturated rings. The van der Waals surface area contributed by atoms with Crippen LogP contribution in [0.1, 0.15) is 74.3 Å². The highest BCUT2D eigenvalue weighted by atomic mass is 16.3. The highest BCUT2D eigenvalue weighted by Crippen LogP contribution is 2.33. The molecule has 2 heteroatoms. The first-order chi connectivity index (χ1) is 12.7. The zero-order valence-electron chi connectivity index (χ0n) is 15.6. The zero-order valence-corrected chi connectivity index (χ0v) is 15.6. The molecule has 0 aromatic heterocycles. The van der Waals surface area contributed by atoms with Gasteiger partial charge in [0.05, 0.1) is 12.2 Å². The van der Waals surface area contributed by atoms with E-state index in [2.05, 4.69) is 60.7 Å². The fourth-order valence-electron chi connectivity index (χ4n) is 4.27. The van der Waals surface area contributed by atoms with E-state index in [1.54, 1.807) is 0 Å². The smallest absolute Gasteiger partial charge is 0.0540 e. The Morgan fingerprint density at radius 3 is 1.08 bits per heavy atom. The summed E-state index contributed by atoms with van der Waals surface area (Å²) in [5, 5.41) is 18.7. The van der Waals surface area contributed by atoms with Crippen LogP contribution in [-0.2, 0) is 0 Å². The number of hydrogen-bond donors (Lipinski definition) is 2. The first-order valence-electron chi connectivity index (χ1n) is 10.2. The van der Waals surface area contributed by atoms with Crippen molar-refractivity contribution in [3.05, 3.63) is 71.8 Å². The lowest BCUT2D eigenvalue weighted by atomic mass is 9.83. The van der Waals surface area contributed by atoms with E-state index >= 15 is 0 Å². The summed E-state index contributed by atoms with van der Waals surface area (Å²) in [4.78, 5) is 0. The quantitative estimate of drug-likeness (QED) is 0.758. The van der Waals surface area contributed by atoms with Gasteiger partial charge in [-0.2, -0.15) is 0 Å². The maximum Gasteiger partial charge on any atom is 0.0540 e. The molecular weight excluding hydrogens is 320 g/mol. The molecule has 0 bridgehead atoms. The van der Waals surface area contributed by atoms with E-state index < -0.39 is 0 Å². The Hall–Kier alpha value is -1.64. The molecular formula is C24H32O2. The van der Waals surface area contributed by atoms with Gasteiger partial charge >= 0.3 is 0 Å². The normalized spacial score (nSPS) is 28.7. The molecule has 0 saturated heterocycles. The second kappa shape index (κ2) is 9.89. The van der Waals surface area contributed by atoms with Gasteiger partial charge in [-0.05, 0) is 74.3 Å². The number of aliphatic hydroxyl groups is 2. The minimum atomic E-state index is -0.0417. The maximum atomic E-state index is 9.37. The molecule has 0 heterocycles. The molecule has 2 saturated carbocycles. The molecule has 2 aromatic rings. The lowest BCUT2D eigenvalue weighted by molar-refractivity contribution is 0.122. The molecule has 0 radical (unpaired) electrons. The van der Waals surface area contributed by atoms with Crippen molar-refractivity contribution in [3.63, 3.8) is 0 Å². The van der Waals surface area contributed by atoms with Gasteiger partial charge in [0.25, 0.3) is 0 Å². The molecule has 0 amide bonds. The van der Waals surface area contributed by atoms with Crippen molar-refractivity contribution in [2.45, 2.75) is 75.4 Å². The molecule has 4 rings (SSSR count). The Kier molecular flexibility index (Phi) is 7.28. The number of rotatable bonds is 2. The largest absolute Gasteiger partial charge is 0.393 e. The minimum absolute atomic E-state index is 0.0417. The Bertz CT molecular complexity index is 552. The summed E-state index contributed by atoms with van der Waals surface area (Å²) in [5.74, 6) is 1.37. The van der Waals surface area contributed by atoms with Crippen molar-refractivity contribution in [1.29, 1.82) is 0 Å². The Balaban J connectivity index is 0.000000151. The highest BCUT2D eigenvalue weighted by Gasteiger charge is 2.20. The Morgan fingerprint density at radius 1 is 0.462 bits per heavy atom. The fraction of sp³-hybridized carbons (Fsp3) is 0.500. The summed E-state index contributed by atoms with van der Waals surface area (Å²) < 4.78 is 0. The maximum absolute atomic E-state index is 9.37. The van der Waals surface area contributed by atoms with Crippen LogP contribution in [-0.4, -0.2) is 22.4 Å². The van der Waals surface area contributed by atoms with Gasteiger partial charge in [0.15, 0.2) is 0 Å². The van der Waals surface area contributed by atoms with Crippen LogP contribution in [0.2, 0.25) is 0 Å². The van der Waals surface area contributed by atoms with Crippen molar-refractivity contribution < 1.29 is 10.2 Å². The van der Waals surface area contributed by atoms with Gasteiger partial charge in [-0.3, -0.25) is 0 Å². The second-order valence-corrected chi connectivity index (χ2v) is 7.83. The summed E-state index contributed by atoms with van der Waals surface area (Å²) in [5.41, 5.74) is 2.88. The van der Waals surface area contributed by atoms with Gasteiger partial charge in [0, 0.05) is 0 Å². The predicted octanol–water partition coefficient (Wildman–Crippen LogP) is 5.41. The first-order valence-corrected chi connectivity index (χ1v) is 10.2. The number of benzene rings is 2. The van der Waals surface area contributed by atoms with E-state index in [9.17, 15) is 10.2 Å². The van der Waals surface area contributed by atoms with Gasteiger partial charge < -0.3 is 10.2 Å². The zero-order chi connectivity index (χ0) is 18.2. The molecule has 2 N–H and O–H groups in total. The molecule has 0 atom stereocenters. The topological polar surface area (TPSA) is 40.5 Å². The van der Waals surface area contributed by atoms with E-state index in [1.807, 2.05) is 0 Å². The third-order valence-electron chi connectivity index (χ3n) is 5.94. The van der Waals surface area contributed by atoms with E-state index in [0.717, 1.165) is 51.4 Å². The summed E-state index contributed by atoms with van der Waals surface area (Å²) in [7, 11) is 0. The molecule has 0 aliphatic heterocycles. The molecule has 0 unspecified atom stereocenters. The van der Waals surface area contributed by atoms with E-state index in [4.69, 9.17) is 0 Å². The van der Waals surface area contributed by atoms with Crippen LogP contribution in [0.4, 0.5) is 0 Å². The highest BCUT2D eigenvalue weighted by molar-refractivity contribution is 5.20. The summed E-state index contributed by atoms with van der Waals surface area (Å²) in [6, 6.07) is 21.3. The third-order valence-corrected chi connectivity index (χ3v) is 5.94. The van der Waals surface area contributed by atoms with Crippen LogP contribution >= 0.6 is 0 Å². The van der Waals surface area contributed by atoms with Crippen molar-refractivity contribution in [3.8, 4) is 0 Å². The van der Waals surface area contributed by atoms with E-state index in [1.165, 1.54) is 11.1 Å². The lowest BCUT2D eigenvalue weighted by Crippen LogP contribution is -2.16. The average Bonchev–Trinajstić information content (AvgIpc) is 2.71. The van der Waals surface area contributed by atoms with Crippen molar-refractivity contribution in [1.82, 2.24) is 0 Å². The molecule has 26 heavy (non-hydrogen) atoms. The average molecular weight is 353 g/mol. The standard InChI is InChI=1S/2C12H16O/c2*13-12-8-6-11(7-9-12)10-4-2-1-3-5-10/h2*1-5,11-13H,6-9H2. The first kappa shape index (κ1) is 19.1. The third kappa shape index (κ3) is 5.69. The number of aliphatic hydroxyl groups excluding tert-OH is 2. The molecule has 2 aromatic carbocycles. The van der Waals surface area contributed by atoms with Gasteiger partial charge in [-0.1, -0.05) is 60.7 Å². The summed E-state index contributed by atoms with van der Waals surface area (Å²) >= 11 is 0. The van der Waals surface area contributed by atoms with Crippen LogP contribution in [0.25, 0.3) is 0 Å². The number of hydrogen-bond acceptors (Lipinski definition) is 2. The van der Waals surface area contributed by atoms with Crippen LogP contribution in [0.15, 0.2) is 60.7 Å². The SMILES string of the molecule is OC1CCC(c2ccccc2)CC1.OC1CCC(c2ccccc2)CC1. The van der Waals surface area contributed by atoms with Crippen LogP contribution in [0.3, 0.4) is 0 Å². The van der Waals surface area contributed by atoms with Gasteiger partial charge in [-0.25, -0.2) is 0 Å². The monoisotopic (exact) mass is 352 g/mol. The van der Waals surface area contributed by atoms with E-state index in [0.29, 0.717) is 11.8 Å². The van der Waals surface area contributed by atoms with Crippen LogP contribution in [0, 0.1) is 0 Å². The predicted molar refractivity (Wildman–Crippen MR) is 107 cm³/mol. The fourth-order valence-corrected chi connectivity index (χ4v) is 4.27. The molecule has 2 aliphatic rings. The van der Waals surface area contributed by atoms with Crippen molar-refractivity contribution in [2.75, 3.05) is 0 Å².